The van der Waals surface area contributed by atoms with Crippen LogP contribution in [0.3, 0.4) is 0 Å². The zero-order valence-electron chi connectivity index (χ0n) is 12.2. The van der Waals surface area contributed by atoms with Crippen LogP contribution in [0.25, 0.3) is 0 Å². The van der Waals surface area contributed by atoms with E-state index in [0.717, 1.165) is 17.9 Å². The Hall–Kier alpha value is -1.22. The Kier molecular flexibility index (Phi) is 5.92. The van der Waals surface area contributed by atoms with Crippen LogP contribution in [-0.2, 0) is 6.54 Å². The standard InChI is InChI=1S/C17H19Cl2NO/c1-12(2)10-20-11-15-16(19)7-4-8-17(15)21-14-6-3-5-13(18)9-14/h3-9,12,20H,10-11H2,1-2H3. The summed E-state index contributed by atoms with van der Waals surface area (Å²) in [5, 5.41) is 4.74. The predicted octanol–water partition coefficient (Wildman–Crippen LogP) is 5.53. The smallest absolute Gasteiger partial charge is 0.133 e. The van der Waals surface area contributed by atoms with Crippen molar-refractivity contribution in [3.8, 4) is 11.5 Å². The van der Waals surface area contributed by atoms with E-state index in [1.165, 1.54) is 0 Å². The van der Waals surface area contributed by atoms with Crippen molar-refractivity contribution in [1.29, 1.82) is 0 Å². The third-order valence-corrected chi connectivity index (χ3v) is 3.54. The number of hydrogen-bond acceptors (Lipinski definition) is 2. The molecule has 0 aliphatic rings. The van der Waals surface area contributed by atoms with Crippen molar-refractivity contribution in [3.63, 3.8) is 0 Å². The second kappa shape index (κ2) is 7.69. The van der Waals surface area contributed by atoms with Crippen LogP contribution in [0.5, 0.6) is 11.5 Å². The Morgan fingerprint density at radius 3 is 2.57 bits per heavy atom. The minimum Gasteiger partial charge on any atom is -0.457 e. The van der Waals surface area contributed by atoms with Gasteiger partial charge in [-0.1, -0.05) is 49.2 Å². The topological polar surface area (TPSA) is 21.3 Å². The monoisotopic (exact) mass is 323 g/mol. The molecule has 2 rings (SSSR count). The Labute approximate surface area is 136 Å². The van der Waals surface area contributed by atoms with E-state index in [4.69, 9.17) is 27.9 Å². The first-order valence-electron chi connectivity index (χ1n) is 6.98. The van der Waals surface area contributed by atoms with Gasteiger partial charge in [0.25, 0.3) is 0 Å². The second-order valence-electron chi connectivity index (χ2n) is 5.30. The lowest BCUT2D eigenvalue weighted by molar-refractivity contribution is 0.469. The first kappa shape index (κ1) is 16.2. The number of rotatable bonds is 6. The largest absolute Gasteiger partial charge is 0.457 e. The molecule has 21 heavy (non-hydrogen) atoms. The average Bonchev–Trinajstić information content (AvgIpc) is 2.41. The van der Waals surface area contributed by atoms with Gasteiger partial charge in [0.2, 0.25) is 0 Å². The third kappa shape index (κ3) is 4.92. The van der Waals surface area contributed by atoms with E-state index < -0.39 is 0 Å². The van der Waals surface area contributed by atoms with Crippen molar-refractivity contribution in [2.75, 3.05) is 6.54 Å². The zero-order chi connectivity index (χ0) is 15.2. The number of halogens is 2. The molecule has 2 nitrogen and oxygen atoms in total. The molecular weight excluding hydrogens is 305 g/mol. The van der Waals surface area contributed by atoms with Gasteiger partial charge in [0.1, 0.15) is 11.5 Å². The van der Waals surface area contributed by atoms with Gasteiger partial charge in [0.15, 0.2) is 0 Å². The zero-order valence-corrected chi connectivity index (χ0v) is 13.7. The molecule has 112 valence electrons. The van der Waals surface area contributed by atoms with Crippen molar-refractivity contribution >= 4 is 23.2 Å². The molecule has 0 saturated carbocycles. The van der Waals surface area contributed by atoms with E-state index in [2.05, 4.69) is 19.2 Å². The van der Waals surface area contributed by atoms with Crippen LogP contribution in [0.4, 0.5) is 0 Å². The summed E-state index contributed by atoms with van der Waals surface area (Å²) in [6, 6.07) is 13.0. The summed E-state index contributed by atoms with van der Waals surface area (Å²) in [5.41, 5.74) is 0.958. The highest BCUT2D eigenvalue weighted by Crippen LogP contribution is 2.31. The van der Waals surface area contributed by atoms with Gasteiger partial charge in [-0.15, -0.1) is 0 Å². The van der Waals surface area contributed by atoms with Gasteiger partial charge < -0.3 is 10.1 Å². The minimum absolute atomic E-state index is 0.588. The van der Waals surface area contributed by atoms with Crippen LogP contribution in [0, 0.1) is 5.92 Å². The summed E-state index contributed by atoms with van der Waals surface area (Å²) in [4.78, 5) is 0. The van der Waals surface area contributed by atoms with Crippen LogP contribution in [0.2, 0.25) is 10.0 Å². The first-order valence-corrected chi connectivity index (χ1v) is 7.73. The molecule has 0 bridgehead atoms. The number of ether oxygens (including phenoxy) is 1. The maximum atomic E-state index is 6.30. The van der Waals surface area contributed by atoms with Gasteiger partial charge in [0, 0.05) is 22.2 Å². The number of hydrogen-bond donors (Lipinski definition) is 1. The molecule has 1 N–H and O–H groups in total. The number of benzene rings is 2. The molecule has 0 fully saturated rings. The van der Waals surface area contributed by atoms with Gasteiger partial charge in [-0.3, -0.25) is 0 Å². The highest BCUT2D eigenvalue weighted by atomic mass is 35.5. The molecular formula is C17H19Cl2NO. The molecule has 0 amide bonds. The summed E-state index contributed by atoms with van der Waals surface area (Å²) in [7, 11) is 0. The predicted molar refractivity (Wildman–Crippen MR) is 89.5 cm³/mol. The Bertz CT molecular complexity index is 599. The molecule has 0 heterocycles. The van der Waals surface area contributed by atoms with Gasteiger partial charge in [-0.25, -0.2) is 0 Å². The SMILES string of the molecule is CC(C)CNCc1c(Cl)cccc1Oc1cccc(Cl)c1. The lowest BCUT2D eigenvalue weighted by Gasteiger charge is -2.14. The Morgan fingerprint density at radius 2 is 1.86 bits per heavy atom. The highest BCUT2D eigenvalue weighted by Gasteiger charge is 2.09. The number of nitrogens with one attached hydrogen (secondary N) is 1. The molecule has 0 radical (unpaired) electrons. The summed E-state index contributed by atoms with van der Waals surface area (Å²) >= 11 is 12.3. The van der Waals surface area contributed by atoms with E-state index in [0.29, 0.717) is 28.3 Å². The maximum Gasteiger partial charge on any atom is 0.133 e. The van der Waals surface area contributed by atoms with E-state index >= 15 is 0 Å². The van der Waals surface area contributed by atoms with E-state index in [9.17, 15) is 0 Å². The normalized spacial score (nSPS) is 10.9. The van der Waals surface area contributed by atoms with Crippen LogP contribution in [-0.4, -0.2) is 6.54 Å². The molecule has 0 atom stereocenters. The quantitative estimate of drug-likeness (QED) is 0.754. The molecule has 0 spiro atoms. The fourth-order valence-corrected chi connectivity index (χ4v) is 2.36. The van der Waals surface area contributed by atoms with Crippen LogP contribution in [0.1, 0.15) is 19.4 Å². The van der Waals surface area contributed by atoms with Crippen molar-refractivity contribution in [2.45, 2.75) is 20.4 Å². The van der Waals surface area contributed by atoms with Crippen LogP contribution >= 0.6 is 23.2 Å². The van der Waals surface area contributed by atoms with Crippen molar-refractivity contribution in [3.05, 3.63) is 58.1 Å². The molecule has 2 aromatic rings. The molecule has 0 saturated heterocycles. The summed E-state index contributed by atoms with van der Waals surface area (Å²) in [5.74, 6) is 2.04. The minimum atomic E-state index is 0.588. The Balaban J connectivity index is 2.16. The summed E-state index contributed by atoms with van der Waals surface area (Å²) < 4.78 is 5.92. The lowest BCUT2D eigenvalue weighted by atomic mass is 10.1. The fourth-order valence-electron chi connectivity index (χ4n) is 1.95. The third-order valence-electron chi connectivity index (χ3n) is 2.95. The summed E-state index contributed by atoms with van der Waals surface area (Å²) in [6.07, 6.45) is 0. The van der Waals surface area contributed by atoms with Crippen molar-refractivity contribution < 1.29 is 4.74 Å². The fraction of sp³-hybridized carbons (Fsp3) is 0.294. The Morgan fingerprint density at radius 1 is 1.10 bits per heavy atom. The van der Waals surface area contributed by atoms with Gasteiger partial charge in [-0.05, 0) is 42.8 Å². The first-order chi connectivity index (χ1) is 10.1. The van der Waals surface area contributed by atoms with Gasteiger partial charge in [-0.2, -0.15) is 0 Å². The van der Waals surface area contributed by atoms with E-state index in [-0.39, 0.29) is 0 Å². The molecule has 0 aromatic heterocycles. The van der Waals surface area contributed by atoms with Crippen LogP contribution < -0.4 is 10.1 Å². The molecule has 0 unspecified atom stereocenters. The van der Waals surface area contributed by atoms with Gasteiger partial charge >= 0.3 is 0 Å². The average molecular weight is 324 g/mol. The van der Waals surface area contributed by atoms with Crippen molar-refractivity contribution in [2.24, 2.45) is 5.92 Å². The molecule has 0 aliphatic carbocycles. The van der Waals surface area contributed by atoms with Gasteiger partial charge in [0.05, 0.1) is 0 Å². The van der Waals surface area contributed by atoms with E-state index in [1.54, 1.807) is 6.07 Å². The molecule has 0 aliphatic heterocycles. The molecule has 2 aromatic carbocycles. The highest BCUT2D eigenvalue weighted by molar-refractivity contribution is 6.31. The van der Waals surface area contributed by atoms with Crippen LogP contribution in [0.15, 0.2) is 42.5 Å². The lowest BCUT2D eigenvalue weighted by Crippen LogP contribution is -2.19. The second-order valence-corrected chi connectivity index (χ2v) is 6.14. The van der Waals surface area contributed by atoms with Crippen molar-refractivity contribution in [1.82, 2.24) is 5.32 Å². The van der Waals surface area contributed by atoms with E-state index in [1.807, 2.05) is 36.4 Å². The molecule has 4 heteroatoms. The maximum absolute atomic E-state index is 6.30. The summed E-state index contributed by atoms with van der Waals surface area (Å²) in [6.45, 7) is 5.95.